The van der Waals surface area contributed by atoms with Crippen molar-refractivity contribution in [3.05, 3.63) is 39.3 Å². The molecule has 0 atom stereocenters. The van der Waals surface area contributed by atoms with Crippen LogP contribution in [0, 0.1) is 6.92 Å². The van der Waals surface area contributed by atoms with Gasteiger partial charge in [-0.1, -0.05) is 0 Å². The maximum absolute atomic E-state index is 11.6. The standard InChI is InChI=1S/C9H8N4O2S/c1-5-4-10-9(16-5)11-8(15)6-2-3-7(14)13-12-6/h2-4H,1H3,(H,13,14)(H,10,11,15). The first-order valence-corrected chi connectivity index (χ1v) is 5.26. The van der Waals surface area contributed by atoms with Gasteiger partial charge in [-0.25, -0.2) is 10.1 Å². The van der Waals surface area contributed by atoms with E-state index in [1.807, 2.05) is 6.92 Å². The summed E-state index contributed by atoms with van der Waals surface area (Å²) in [5.74, 6) is -0.398. The van der Waals surface area contributed by atoms with Crippen molar-refractivity contribution in [1.82, 2.24) is 15.2 Å². The largest absolute Gasteiger partial charge is 0.296 e. The zero-order valence-electron chi connectivity index (χ0n) is 8.35. The molecule has 0 radical (unpaired) electrons. The second kappa shape index (κ2) is 4.23. The minimum absolute atomic E-state index is 0.146. The van der Waals surface area contributed by atoms with Gasteiger partial charge in [0.15, 0.2) is 5.13 Å². The molecule has 16 heavy (non-hydrogen) atoms. The average Bonchev–Trinajstić information content (AvgIpc) is 2.65. The molecule has 2 heterocycles. The van der Waals surface area contributed by atoms with E-state index in [4.69, 9.17) is 0 Å². The molecule has 0 aliphatic carbocycles. The van der Waals surface area contributed by atoms with E-state index in [9.17, 15) is 9.59 Å². The highest BCUT2D eigenvalue weighted by Crippen LogP contribution is 2.16. The molecule has 0 aliphatic heterocycles. The van der Waals surface area contributed by atoms with Crippen LogP contribution in [0.1, 0.15) is 15.4 Å². The average molecular weight is 236 g/mol. The van der Waals surface area contributed by atoms with Crippen LogP contribution in [0.25, 0.3) is 0 Å². The molecule has 0 saturated heterocycles. The molecule has 82 valence electrons. The lowest BCUT2D eigenvalue weighted by Crippen LogP contribution is -2.17. The van der Waals surface area contributed by atoms with E-state index in [1.54, 1.807) is 6.20 Å². The Hall–Kier alpha value is -2.02. The van der Waals surface area contributed by atoms with Crippen molar-refractivity contribution in [1.29, 1.82) is 0 Å². The summed E-state index contributed by atoms with van der Waals surface area (Å²) in [5.41, 5.74) is -0.200. The van der Waals surface area contributed by atoms with E-state index in [0.29, 0.717) is 5.13 Å². The van der Waals surface area contributed by atoms with Gasteiger partial charge in [0.25, 0.3) is 11.5 Å². The van der Waals surface area contributed by atoms with Crippen LogP contribution in [-0.4, -0.2) is 21.1 Å². The summed E-state index contributed by atoms with van der Waals surface area (Å²) >= 11 is 1.37. The van der Waals surface area contributed by atoms with Crippen LogP contribution in [0.4, 0.5) is 5.13 Å². The molecule has 2 aromatic rings. The van der Waals surface area contributed by atoms with Crippen molar-refractivity contribution < 1.29 is 4.79 Å². The van der Waals surface area contributed by atoms with Crippen LogP contribution < -0.4 is 10.9 Å². The molecule has 2 rings (SSSR count). The predicted molar refractivity (Wildman–Crippen MR) is 59.7 cm³/mol. The number of aromatic amines is 1. The number of H-pyrrole nitrogens is 1. The summed E-state index contributed by atoms with van der Waals surface area (Å²) in [5, 5.41) is 8.89. The van der Waals surface area contributed by atoms with Gasteiger partial charge in [-0.3, -0.25) is 14.9 Å². The van der Waals surface area contributed by atoms with Crippen LogP contribution in [0.3, 0.4) is 0 Å². The zero-order chi connectivity index (χ0) is 11.5. The maximum atomic E-state index is 11.6. The van der Waals surface area contributed by atoms with E-state index in [1.165, 1.54) is 23.5 Å². The summed E-state index contributed by atoms with van der Waals surface area (Å²) in [7, 11) is 0. The van der Waals surface area contributed by atoms with Gasteiger partial charge in [0.2, 0.25) is 0 Å². The van der Waals surface area contributed by atoms with E-state index in [0.717, 1.165) is 4.88 Å². The highest BCUT2D eigenvalue weighted by atomic mass is 32.1. The monoisotopic (exact) mass is 236 g/mol. The number of anilines is 1. The van der Waals surface area contributed by atoms with Crippen LogP contribution >= 0.6 is 11.3 Å². The van der Waals surface area contributed by atoms with Crippen molar-refractivity contribution in [2.45, 2.75) is 6.92 Å². The van der Waals surface area contributed by atoms with Gasteiger partial charge in [0, 0.05) is 17.1 Å². The Morgan fingerprint density at radius 2 is 2.31 bits per heavy atom. The topological polar surface area (TPSA) is 87.7 Å². The molecule has 0 fully saturated rings. The molecular formula is C9H8N4O2S. The van der Waals surface area contributed by atoms with Crippen LogP contribution in [0.15, 0.2) is 23.1 Å². The maximum Gasteiger partial charge on any atom is 0.277 e. The number of rotatable bonds is 2. The highest BCUT2D eigenvalue weighted by Gasteiger charge is 2.09. The van der Waals surface area contributed by atoms with Crippen molar-refractivity contribution in [3.63, 3.8) is 0 Å². The number of nitrogens with one attached hydrogen (secondary N) is 2. The zero-order valence-corrected chi connectivity index (χ0v) is 9.17. The molecular weight excluding hydrogens is 228 g/mol. The fraction of sp³-hybridized carbons (Fsp3) is 0.111. The summed E-state index contributed by atoms with van der Waals surface area (Å²) in [6, 6.07) is 2.60. The van der Waals surface area contributed by atoms with E-state index < -0.39 is 5.91 Å². The first-order valence-electron chi connectivity index (χ1n) is 4.44. The van der Waals surface area contributed by atoms with Crippen LogP contribution in [-0.2, 0) is 0 Å². The van der Waals surface area contributed by atoms with Crippen molar-refractivity contribution in [2.75, 3.05) is 5.32 Å². The normalized spacial score (nSPS) is 10.1. The van der Waals surface area contributed by atoms with E-state index in [-0.39, 0.29) is 11.3 Å². The minimum atomic E-state index is -0.398. The third kappa shape index (κ3) is 2.31. The fourth-order valence-corrected chi connectivity index (χ4v) is 1.70. The van der Waals surface area contributed by atoms with Crippen molar-refractivity contribution >= 4 is 22.4 Å². The van der Waals surface area contributed by atoms with Gasteiger partial charge in [-0.15, -0.1) is 11.3 Å². The summed E-state index contributed by atoms with van der Waals surface area (Å²) in [6.07, 6.45) is 1.67. The number of thiazole rings is 1. The molecule has 0 aliphatic rings. The molecule has 6 nitrogen and oxygen atoms in total. The van der Waals surface area contributed by atoms with Gasteiger partial charge in [0.05, 0.1) is 0 Å². The Morgan fingerprint density at radius 1 is 1.50 bits per heavy atom. The molecule has 7 heteroatoms. The second-order valence-corrected chi connectivity index (χ2v) is 4.27. The Bertz CT molecular complexity index is 554. The van der Waals surface area contributed by atoms with Crippen LogP contribution in [0.5, 0.6) is 0 Å². The second-order valence-electron chi connectivity index (χ2n) is 3.04. The number of nitrogens with zero attached hydrogens (tertiary/aromatic N) is 2. The Morgan fingerprint density at radius 3 is 2.88 bits per heavy atom. The summed E-state index contributed by atoms with van der Waals surface area (Å²) < 4.78 is 0. The highest BCUT2D eigenvalue weighted by molar-refractivity contribution is 7.15. The number of carbonyl (C=O) groups is 1. The minimum Gasteiger partial charge on any atom is -0.296 e. The first kappa shape index (κ1) is 10.5. The lowest BCUT2D eigenvalue weighted by atomic mass is 10.4. The number of hydrogen-bond acceptors (Lipinski definition) is 5. The van der Waals surface area contributed by atoms with Gasteiger partial charge in [0.1, 0.15) is 5.69 Å². The predicted octanol–water partition coefficient (Wildman–Crippen LogP) is 0.787. The van der Waals surface area contributed by atoms with Gasteiger partial charge >= 0.3 is 0 Å². The number of aromatic nitrogens is 3. The molecule has 0 saturated carbocycles. The lowest BCUT2D eigenvalue weighted by Gasteiger charge is -1.98. The van der Waals surface area contributed by atoms with E-state index in [2.05, 4.69) is 20.5 Å². The summed E-state index contributed by atoms with van der Waals surface area (Å²) in [4.78, 5) is 27.3. The summed E-state index contributed by atoms with van der Waals surface area (Å²) in [6.45, 7) is 1.89. The molecule has 0 bridgehead atoms. The molecule has 2 N–H and O–H groups in total. The first-order chi connectivity index (χ1) is 7.65. The number of aryl methyl sites for hydroxylation is 1. The SMILES string of the molecule is Cc1cnc(NC(=O)c2ccc(=O)[nH]n2)s1. The number of amides is 1. The number of carbonyl (C=O) groups excluding carboxylic acids is 1. The third-order valence-electron chi connectivity index (χ3n) is 1.75. The van der Waals surface area contributed by atoms with E-state index >= 15 is 0 Å². The third-order valence-corrected chi connectivity index (χ3v) is 2.58. The van der Waals surface area contributed by atoms with Gasteiger partial charge < -0.3 is 0 Å². The molecule has 1 amide bonds. The Balaban J connectivity index is 2.14. The quantitative estimate of drug-likeness (QED) is 0.806. The molecule has 2 aromatic heterocycles. The lowest BCUT2D eigenvalue weighted by molar-refractivity contribution is 0.102. The molecule has 0 aromatic carbocycles. The number of hydrogen-bond donors (Lipinski definition) is 2. The molecule has 0 unspecified atom stereocenters. The van der Waals surface area contributed by atoms with Crippen LogP contribution in [0.2, 0.25) is 0 Å². The molecule has 0 spiro atoms. The fourth-order valence-electron chi connectivity index (χ4n) is 1.04. The Kier molecular flexibility index (Phi) is 2.78. The Labute approximate surface area is 94.4 Å². The smallest absolute Gasteiger partial charge is 0.277 e. The van der Waals surface area contributed by atoms with Gasteiger partial charge in [-0.05, 0) is 13.0 Å². The van der Waals surface area contributed by atoms with Crippen molar-refractivity contribution in [3.8, 4) is 0 Å². The van der Waals surface area contributed by atoms with Gasteiger partial charge in [-0.2, -0.15) is 5.10 Å². The van der Waals surface area contributed by atoms with Crippen molar-refractivity contribution in [2.24, 2.45) is 0 Å².